The van der Waals surface area contributed by atoms with Gasteiger partial charge in [0.15, 0.2) is 25.1 Å². The van der Waals surface area contributed by atoms with E-state index in [1.54, 1.807) is 20.3 Å². The largest absolute Gasteiger partial charge is 0.481 e. The van der Waals surface area contributed by atoms with E-state index >= 15 is 0 Å². The zero-order valence-corrected chi connectivity index (χ0v) is 15.0. The highest BCUT2D eigenvalue weighted by Gasteiger charge is 2.15. The van der Waals surface area contributed by atoms with Crippen molar-refractivity contribution in [2.24, 2.45) is 0 Å². The van der Waals surface area contributed by atoms with Gasteiger partial charge in [-0.1, -0.05) is 11.6 Å². The average Bonchev–Trinajstić information content (AvgIpc) is 2.55. The molecule has 0 radical (unpaired) electrons. The van der Waals surface area contributed by atoms with E-state index in [-0.39, 0.29) is 36.5 Å². The number of hydrogen-bond acceptors (Lipinski definition) is 7. The van der Waals surface area contributed by atoms with Gasteiger partial charge in [0.1, 0.15) is 0 Å². The topological polar surface area (TPSA) is 92.7 Å². The van der Waals surface area contributed by atoms with E-state index in [4.69, 9.17) is 45.1 Å². The van der Waals surface area contributed by atoms with E-state index in [9.17, 15) is 4.79 Å². The molecule has 0 unspecified atom stereocenters. The summed E-state index contributed by atoms with van der Waals surface area (Å²) < 4.78 is 31.2. The van der Waals surface area contributed by atoms with Gasteiger partial charge in [0.2, 0.25) is 0 Å². The van der Waals surface area contributed by atoms with E-state index < -0.39 is 5.97 Å². The SMILES string of the molecule is COCCOCOc1cc(CC(=O)O)cc(Cl)c1OCOCCOC. The van der Waals surface area contributed by atoms with Crippen molar-refractivity contribution in [1.29, 1.82) is 0 Å². The smallest absolute Gasteiger partial charge is 0.307 e. The Labute approximate surface area is 151 Å². The number of ether oxygens (including phenoxy) is 6. The quantitative estimate of drug-likeness (QED) is 0.388. The molecule has 0 bridgehead atoms. The van der Waals surface area contributed by atoms with Gasteiger partial charge in [-0.3, -0.25) is 4.79 Å². The monoisotopic (exact) mass is 378 g/mol. The number of carboxylic acid groups (broad SMARTS) is 1. The third-order valence-corrected chi connectivity index (χ3v) is 3.15. The van der Waals surface area contributed by atoms with Crippen LogP contribution in [0.15, 0.2) is 12.1 Å². The Hall–Kier alpha value is -1.58. The summed E-state index contributed by atoms with van der Waals surface area (Å²) in [6.07, 6.45) is -0.189. The van der Waals surface area contributed by atoms with Gasteiger partial charge >= 0.3 is 5.97 Å². The van der Waals surface area contributed by atoms with Crippen LogP contribution in [0.25, 0.3) is 0 Å². The van der Waals surface area contributed by atoms with E-state index in [1.807, 2.05) is 0 Å². The van der Waals surface area contributed by atoms with Crippen molar-refractivity contribution in [2.75, 3.05) is 54.2 Å². The average molecular weight is 379 g/mol. The number of aliphatic carboxylic acids is 1. The second-order valence-electron chi connectivity index (χ2n) is 4.80. The first-order chi connectivity index (χ1) is 12.1. The van der Waals surface area contributed by atoms with Crippen LogP contribution in [0.2, 0.25) is 5.02 Å². The molecule has 0 spiro atoms. The summed E-state index contributed by atoms with van der Waals surface area (Å²) in [6.45, 7) is 1.47. The number of carboxylic acids is 1. The molecule has 1 aromatic rings. The van der Waals surface area contributed by atoms with Gasteiger partial charge in [-0.15, -0.1) is 0 Å². The molecule has 1 aromatic carbocycles. The van der Waals surface area contributed by atoms with Crippen LogP contribution < -0.4 is 9.47 Å². The number of halogens is 1. The maximum Gasteiger partial charge on any atom is 0.307 e. The Morgan fingerprint density at radius 1 is 1.00 bits per heavy atom. The molecule has 0 atom stereocenters. The zero-order valence-electron chi connectivity index (χ0n) is 14.3. The van der Waals surface area contributed by atoms with Gasteiger partial charge in [0.25, 0.3) is 0 Å². The Bertz CT molecular complexity index is 523. The number of carbonyl (C=O) groups is 1. The number of methoxy groups -OCH3 is 2. The number of hydrogen-bond donors (Lipinski definition) is 1. The second-order valence-corrected chi connectivity index (χ2v) is 5.21. The van der Waals surface area contributed by atoms with Gasteiger partial charge in [-0.05, 0) is 17.7 Å². The normalized spacial score (nSPS) is 10.7. The highest BCUT2D eigenvalue weighted by molar-refractivity contribution is 6.32. The van der Waals surface area contributed by atoms with E-state index in [2.05, 4.69) is 0 Å². The van der Waals surface area contributed by atoms with Crippen molar-refractivity contribution in [2.45, 2.75) is 6.42 Å². The molecule has 1 rings (SSSR count). The fourth-order valence-electron chi connectivity index (χ4n) is 1.75. The minimum absolute atomic E-state index is 0.0533. The molecule has 25 heavy (non-hydrogen) atoms. The molecule has 0 aromatic heterocycles. The Morgan fingerprint density at radius 2 is 1.60 bits per heavy atom. The Kier molecular flexibility index (Phi) is 10.9. The molecule has 9 heteroatoms. The summed E-state index contributed by atoms with van der Waals surface area (Å²) in [6, 6.07) is 3.06. The standard InChI is InChI=1S/C16H23ClO8/c1-20-3-5-22-10-24-14-8-12(9-15(18)19)7-13(17)16(14)25-11-23-6-4-21-2/h7-8H,3-6,9-11H2,1-2H3,(H,18,19). The maximum absolute atomic E-state index is 10.9. The molecule has 0 heterocycles. The van der Waals surface area contributed by atoms with Crippen LogP contribution in [0.5, 0.6) is 11.5 Å². The van der Waals surface area contributed by atoms with E-state index in [0.29, 0.717) is 32.0 Å². The summed E-state index contributed by atoms with van der Waals surface area (Å²) in [5.41, 5.74) is 0.483. The van der Waals surface area contributed by atoms with Gasteiger partial charge < -0.3 is 33.5 Å². The summed E-state index contributed by atoms with van der Waals surface area (Å²) in [7, 11) is 3.13. The minimum atomic E-state index is -0.977. The Morgan fingerprint density at radius 3 is 2.16 bits per heavy atom. The fraction of sp³-hybridized carbons (Fsp3) is 0.562. The molecule has 0 aliphatic rings. The lowest BCUT2D eigenvalue weighted by Crippen LogP contribution is -2.11. The number of benzene rings is 1. The van der Waals surface area contributed by atoms with E-state index in [1.165, 1.54) is 6.07 Å². The third-order valence-electron chi connectivity index (χ3n) is 2.87. The zero-order chi connectivity index (χ0) is 18.5. The molecule has 8 nitrogen and oxygen atoms in total. The third kappa shape index (κ3) is 8.89. The maximum atomic E-state index is 10.9. The molecule has 0 aliphatic heterocycles. The highest BCUT2D eigenvalue weighted by Crippen LogP contribution is 2.37. The first-order valence-corrected chi connectivity index (χ1v) is 7.89. The van der Waals surface area contributed by atoms with Crippen LogP contribution >= 0.6 is 11.6 Å². The lowest BCUT2D eigenvalue weighted by Gasteiger charge is -2.15. The Balaban J connectivity index is 2.74. The highest BCUT2D eigenvalue weighted by atomic mass is 35.5. The van der Waals surface area contributed by atoms with Crippen LogP contribution in [-0.4, -0.2) is 65.3 Å². The van der Waals surface area contributed by atoms with Crippen molar-refractivity contribution in [3.8, 4) is 11.5 Å². The van der Waals surface area contributed by atoms with Crippen molar-refractivity contribution in [3.63, 3.8) is 0 Å². The van der Waals surface area contributed by atoms with Crippen LogP contribution in [0, 0.1) is 0 Å². The minimum Gasteiger partial charge on any atom is -0.481 e. The molecule has 1 N–H and O–H groups in total. The van der Waals surface area contributed by atoms with Gasteiger partial charge in [-0.25, -0.2) is 0 Å². The molecular formula is C16H23ClO8. The second kappa shape index (κ2) is 12.7. The number of rotatable bonds is 14. The van der Waals surface area contributed by atoms with Crippen molar-refractivity contribution in [1.82, 2.24) is 0 Å². The molecule has 0 fully saturated rings. The van der Waals surface area contributed by atoms with Crippen molar-refractivity contribution < 1.29 is 38.3 Å². The molecule has 0 saturated carbocycles. The lowest BCUT2D eigenvalue weighted by atomic mass is 10.1. The molecule has 142 valence electrons. The predicted octanol–water partition coefficient (Wildman–Crippen LogP) is 1.97. The fourth-order valence-corrected chi connectivity index (χ4v) is 2.04. The molecular weight excluding hydrogens is 356 g/mol. The van der Waals surface area contributed by atoms with Crippen LogP contribution in [0.3, 0.4) is 0 Å². The van der Waals surface area contributed by atoms with Crippen LogP contribution in [0.4, 0.5) is 0 Å². The summed E-state index contributed by atoms with van der Waals surface area (Å²) in [5.74, 6) is -0.449. The first-order valence-electron chi connectivity index (χ1n) is 7.51. The van der Waals surface area contributed by atoms with Crippen molar-refractivity contribution >= 4 is 17.6 Å². The molecule has 0 aliphatic carbocycles. The van der Waals surface area contributed by atoms with Crippen molar-refractivity contribution in [3.05, 3.63) is 22.7 Å². The predicted molar refractivity (Wildman–Crippen MR) is 89.4 cm³/mol. The van der Waals surface area contributed by atoms with E-state index in [0.717, 1.165) is 0 Å². The summed E-state index contributed by atoms with van der Waals surface area (Å²) in [4.78, 5) is 10.9. The van der Waals surface area contributed by atoms with Gasteiger partial charge in [0, 0.05) is 14.2 Å². The summed E-state index contributed by atoms with van der Waals surface area (Å²) >= 11 is 6.18. The summed E-state index contributed by atoms with van der Waals surface area (Å²) in [5, 5.41) is 9.15. The molecule has 0 amide bonds. The lowest BCUT2D eigenvalue weighted by molar-refractivity contribution is -0.136. The van der Waals surface area contributed by atoms with Crippen LogP contribution in [0.1, 0.15) is 5.56 Å². The molecule has 0 saturated heterocycles. The first kappa shape index (κ1) is 21.5. The van der Waals surface area contributed by atoms with Crippen LogP contribution in [-0.2, 0) is 30.2 Å². The van der Waals surface area contributed by atoms with Gasteiger partial charge in [0.05, 0.1) is 37.9 Å². The van der Waals surface area contributed by atoms with Gasteiger partial charge in [-0.2, -0.15) is 0 Å².